The van der Waals surface area contributed by atoms with Gasteiger partial charge in [0.25, 0.3) is 0 Å². The summed E-state index contributed by atoms with van der Waals surface area (Å²) < 4.78 is 6.23. The first-order valence-electron chi connectivity index (χ1n) is 6.64. The van der Waals surface area contributed by atoms with E-state index in [9.17, 15) is 4.79 Å². The molecule has 4 heteroatoms. The lowest BCUT2D eigenvalue weighted by Crippen LogP contribution is -2.49. The molecule has 0 bridgehead atoms. The van der Waals surface area contributed by atoms with Crippen LogP contribution in [0.2, 0.25) is 0 Å². The minimum atomic E-state index is -0.254. The van der Waals surface area contributed by atoms with E-state index in [1.54, 1.807) is 0 Å². The van der Waals surface area contributed by atoms with Crippen LogP contribution < -0.4 is 10.1 Å². The largest absolute Gasteiger partial charge is 0.486 e. The van der Waals surface area contributed by atoms with Crippen LogP contribution in [-0.4, -0.2) is 24.5 Å². The Bertz CT molecular complexity index is 507. The molecular formula is C15H20ClNO2. The molecule has 1 fully saturated rings. The fraction of sp³-hybridized carbons (Fsp3) is 0.533. The smallest absolute Gasteiger partial charge is 0.170 e. The van der Waals surface area contributed by atoms with Gasteiger partial charge in [0.2, 0.25) is 0 Å². The van der Waals surface area contributed by atoms with E-state index in [1.807, 2.05) is 19.9 Å². The summed E-state index contributed by atoms with van der Waals surface area (Å²) in [6, 6.07) is 4.06. The maximum atomic E-state index is 12.4. The Morgan fingerprint density at radius 2 is 1.89 bits per heavy atom. The number of piperidine rings is 1. The molecule has 1 aromatic carbocycles. The monoisotopic (exact) mass is 281 g/mol. The van der Waals surface area contributed by atoms with Gasteiger partial charge in [0.05, 0.1) is 12.0 Å². The molecule has 1 spiro atoms. The molecule has 3 nitrogen and oxygen atoms in total. The molecule has 0 saturated carbocycles. The van der Waals surface area contributed by atoms with Crippen LogP contribution in [0, 0.1) is 13.8 Å². The van der Waals surface area contributed by atoms with E-state index in [-0.39, 0.29) is 23.8 Å². The van der Waals surface area contributed by atoms with Gasteiger partial charge in [-0.25, -0.2) is 0 Å². The summed E-state index contributed by atoms with van der Waals surface area (Å²) >= 11 is 0. The number of carbonyl (C=O) groups excluding carboxylic acids is 1. The van der Waals surface area contributed by atoms with Crippen molar-refractivity contribution in [3.8, 4) is 5.75 Å². The van der Waals surface area contributed by atoms with E-state index in [0.29, 0.717) is 6.42 Å². The van der Waals surface area contributed by atoms with E-state index < -0.39 is 0 Å². The molecule has 104 valence electrons. The highest BCUT2D eigenvalue weighted by Gasteiger charge is 2.41. The van der Waals surface area contributed by atoms with Crippen LogP contribution in [-0.2, 0) is 0 Å². The standard InChI is InChI=1S/C15H19NO2.ClH/c1-10-7-11(2)14-12(17)9-15(18-13(14)8-10)3-5-16-6-4-15;/h7-8,16H,3-6,9H2,1-2H3;1H. The van der Waals surface area contributed by atoms with Crippen LogP contribution in [0.4, 0.5) is 0 Å². The highest BCUT2D eigenvalue weighted by atomic mass is 35.5. The maximum absolute atomic E-state index is 12.4. The summed E-state index contributed by atoms with van der Waals surface area (Å²) in [5.74, 6) is 1.04. The van der Waals surface area contributed by atoms with Crippen LogP contribution in [0.3, 0.4) is 0 Å². The van der Waals surface area contributed by atoms with Gasteiger partial charge in [0.15, 0.2) is 5.78 Å². The molecule has 0 atom stereocenters. The average Bonchev–Trinajstić information content (AvgIpc) is 2.27. The number of carbonyl (C=O) groups is 1. The van der Waals surface area contributed by atoms with Gasteiger partial charge in [-0.3, -0.25) is 4.79 Å². The number of Topliss-reactive ketones (excluding diaryl/α,β-unsaturated/α-hetero) is 1. The van der Waals surface area contributed by atoms with E-state index in [2.05, 4.69) is 11.4 Å². The summed E-state index contributed by atoms with van der Waals surface area (Å²) in [6.45, 7) is 5.92. The molecule has 1 aromatic rings. The molecule has 3 rings (SSSR count). The van der Waals surface area contributed by atoms with Crippen molar-refractivity contribution in [2.24, 2.45) is 0 Å². The van der Waals surface area contributed by atoms with E-state index in [1.165, 1.54) is 0 Å². The van der Waals surface area contributed by atoms with Gasteiger partial charge in [0.1, 0.15) is 11.4 Å². The Morgan fingerprint density at radius 3 is 2.58 bits per heavy atom. The predicted molar refractivity (Wildman–Crippen MR) is 77.6 cm³/mol. The van der Waals surface area contributed by atoms with Crippen molar-refractivity contribution in [3.05, 3.63) is 28.8 Å². The number of fused-ring (bicyclic) bond motifs is 1. The molecule has 0 radical (unpaired) electrons. The SMILES string of the molecule is Cc1cc(C)c2c(c1)OC1(CCNCC1)CC2=O.Cl. The second-order valence-electron chi connectivity index (χ2n) is 5.59. The molecule has 2 aliphatic rings. The molecule has 1 N–H and O–H groups in total. The van der Waals surface area contributed by atoms with Crippen LogP contribution in [0.1, 0.15) is 40.7 Å². The van der Waals surface area contributed by atoms with Gasteiger partial charge in [-0.05, 0) is 44.1 Å². The third-order valence-electron chi connectivity index (χ3n) is 4.05. The summed E-state index contributed by atoms with van der Waals surface area (Å²) in [5.41, 5.74) is 2.74. The van der Waals surface area contributed by atoms with Gasteiger partial charge in [-0.1, -0.05) is 6.07 Å². The third-order valence-corrected chi connectivity index (χ3v) is 4.05. The zero-order valence-corrected chi connectivity index (χ0v) is 12.2. The first-order chi connectivity index (χ1) is 8.60. The Balaban J connectivity index is 0.00000133. The van der Waals surface area contributed by atoms with Crippen LogP contribution in [0.5, 0.6) is 5.75 Å². The Hall–Kier alpha value is -1.06. The maximum Gasteiger partial charge on any atom is 0.170 e. The van der Waals surface area contributed by atoms with E-state index >= 15 is 0 Å². The van der Waals surface area contributed by atoms with E-state index in [4.69, 9.17) is 4.74 Å². The predicted octanol–water partition coefficient (Wildman–Crippen LogP) is 2.81. The number of hydrogen-bond acceptors (Lipinski definition) is 3. The number of hydrogen-bond donors (Lipinski definition) is 1. The van der Waals surface area contributed by atoms with Crippen molar-refractivity contribution in [3.63, 3.8) is 0 Å². The number of ether oxygens (including phenoxy) is 1. The molecule has 0 unspecified atom stereocenters. The minimum absolute atomic E-state index is 0. The zero-order chi connectivity index (χ0) is 12.8. The third kappa shape index (κ3) is 2.49. The van der Waals surface area contributed by atoms with Gasteiger partial charge >= 0.3 is 0 Å². The molecule has 2 heterocycles. The van der Waals surface area contributed by atoms with Crippen molar-refractivity contribution < 1.29 is 9.53 Å². The van der Waals surface area contributed by atoms with Crippen LogP contribution >= 0.6 is 12.4 Å². The van der Waals surface area contributed by atoms with Gasteiger partial charge in [0, 0.05) is 12.8 Å². The molecule has 0 aliphatic carbocycles. The minimum Gasteiger partial charge on any atom is -0.486 e. The number of aryl methyl sites for hydroxylation is 2. The molecule has 19 heavy (non-hydrogen) atoms. The lowest BCUT2D eigenvalue weighted by molar-refractivity contribution is 0.0186. The quantitative estimate of drug-likeness (QED) is 0.795. The Morgan fingerprint density at radius 1 is 1.21 bits per heavy atom. The van der Waals surface area contributed by atoms with Gasteiger partial charge in [-0.2, -0.15) is 0 Å². The molecule has 0 amide bonds. The highest BCUT2D eigenvalue weighted by molar-refractivity contribution is 6.01. The first-order valence-corrected chi connectivity index (χ1v) is 6.64. The highest BCUT2D eigenvalue weighted by Crippen LogP contribution is 2.39. The Labute approximate surface area is 120 Å². The lowest BCUT2D eigenvalue weighted by Gasteiger charge is -2.41. The molecule has 0 aromatic heterocycles. The molecule has 1 saturated heterocycles. The number of benzene rings is 1. The lowest BCUT2D eigenvalue weighted by atomic mass is 9.82. The van der Waals surface area contributed by atoms with Gasteiger partial charge < -0.3 is 10.1 Å². The average molecular weight is 282 g/mol. The van der Waals surface area contributed by atoms with Crippen molar-refractivity contribution in [2.75, 3.05) is 13.1 Å². The number of ketones is 1. The summed E-state index contributed by atoms with van der Waals surface area (Å²) in [6.07, 6.45) is 2.38. The molecular weight excluding hydrogens is 262 g/mol. The van der Waals surface area contributed by atoms with Gasteiger partial charge in [-0.15, -0.1) is 12.4 Å². The Kier molecular flexibility index (Phi) is 3.88. The number of halogens is 1. The van der Waals surface area contributed by atoms with Crippen LogP contribution in [0.25, 0.3) is 0 Å². The van der Waals surface area contributed by atoms with E-state index in [0.717, 1.165) is 48.4 Å². The summed E-state index contributed by atoms with van der Waals surface area (Å²) in [7, 11) is 0. The van der Waals surface area contributed by atoms with Crippen molar-refractivity contribution in [2.45, 2.75) is 38.7 Å². The topological polar surface area (TPSA) is 38.3 Å². The summed E-state index contributed by atoms with van der Waals surface area (Å²) in [5, 5.41) is 3.33. The van der Waals surface area contributed by atoms with Crippen molar-refractivity contribution in [1.82, 2.24) is 5.32 Å². The number of nitrogens with one attached hydrogen (secondary N) is 1. The van der Waals surface area contributed by atoms with Crippen LogP contribution in [0.15, 0.2) is 12.1 Å². The van der Waals surface area contributed by atoms with Crippen molar-refractivity contribution in [1.29, 1.82) is 0 Å². The zero-order valence-electron chi connectivity index (χ0n) is 11.4. The normalized spacial score (nSPS) is 20.4. The number of rotatable bonds is 0. The fourth-order valence-electron chi connectivity index (χ4n) is 3.18. The second kappa shape index (κ2) is 5.14. The van der Waals surface area contributed by atoms with Crippen molar-refractivity contribution >= 4 is 18.2 Å². The summed E-state index contributed by atoms with van der Waals surface area (Å²) in [4.78, 5) is 12.4. The second-order valence-corrected chi connectivity index (χ2v) is 5.59. The molecule has 2 aliphatic heterocycles. The fourth-order valence-corrected chi connectivity index (χ4v) is 3.18. The first kappa shape index (κ1) is 14.4.